The average molecular weight is 382 g/mol. The zero-order valence-electron chi connectivity index (χ0n) is 13.9. The molecule has 1 aromatic rings. The Labute approximate surface area is 146 Å². The van der Waals surface area contributed by atoms with Crippen molar-refractivity contribution < 1.29 is 14.4 Å². The minimum Gasteiger partial charge on any atom is -0.296 e. The molecule has 1 unspecified atom stereocenters. The van der Waals surface area contributed by atoms with Gasteiger partial charge >= 0.3 is 0 Å². The van der Waals surface area contributed by atoms with E-state index in [1.165, 1.54) is 0 Å². The first-order valence-corrected chi connectivity index (χ1v) is 8.77. The molecule has 2 amide bonds. The molecule has 1 fully saturated rings. The van der Waals surface area contributed by atoms with Crippen LogP contribution in [0.3, 0.4) is 0 Å². The Morgan fingerprint density at radius 2 is 2.04 bits per heavy atom. The summed E-state index contributed by atoms with van der Waals surface area (Å²) in [5, 5.41) is 2.25. The molecule has 0 aliphatic carbocycles. The number of piperidine rings is 1. The summed E-state index contributed by atoms with van der Waals surface area (Å²) in [4.78, 5) is 32.5. The van der Waals surface area contributed by atoms with Crippen LogP contribution in [-0.2, 0) is 16.0 Å². The molecule has 0 saturated carbocycles. The molecule has 1 saturated heterocycles. The fraction of sp³-hybridized carbons (Fsp3) is 0.500. The average Bonchev–Trinajstić information content (AvgIpc) is 2.49. The molecule has 0 spiro atoms. The number of imide groups is 1. The molecule has 0 radical (unpaired) electrons. The van der Waals surface area contributed by atoms with Gasteiger partial charge in [0.15, 0.2) is 5.78 Å². The number of hydrogen-bond donors (Lipinski definition) is 1. The van der Waals surface area contributed by atoms with Crippen LogP contribution >= 0.6 is 15.9 Å². The fourth-order valence-corrected chi connectivity index (χ4v) is 2.69. The maximum Gasteiger partial charge on any atom is 0.229 e. The molecule has 1 aliphatic rings. The third-order valence-corrected chi connectivity index (χ3v) is 4.25. The number of unbranched alkanes of at least 4 members (excludes halogenated alkanes) is 1. The van der Waals surface area contributed by atoms with Crippen molar-refractivity contribution >= 4 is 33.5 Å². The van der Waals surface area contributed by atoms with Crippen LogP contribution in [0.25, 0.3) is 0 Å². The highest BCUT2D eigenvalue weighted by molar-refractivity contribution is 9.10. The van der Waals surface area contributed by atoms with Crippen molar-refractivity contribution in [2.45, 2.75) is 52.9 Å². The molecule has 4 nitrogen and oxygen atoms in total. The number of hydrogen-bond acceptors (Lipinski definition) is 3. The van der Waals surface area contributed by atoms with Crippen LogP contribution in [0.15, 0.2) is 22.7 Å². The Morgan fingerprint density at radius 1 is 1.35 bits per heavy atom. The number of Topliss-reactive ketones (excluding diaryl/α,β-unsaturated/α-hetero) is 1. The van der Waals surface area contributed by atoms with Crippen LogP contribution in [0.5, 0.6) is 0 Å². The summed E-state index contributed by atoms with van der Waals surface area (Å²) < 4.78 is 1.05. The summed E-state index contributed by atoms with van der Waals surface area (Å²) in [7, 11) is 0. The summed E-state index contributed by atoms with van der Waals surface area (Å²) in [6, 6.07) is 5.87. The minimum absolute atomic E-state index is 0.0164. The molecular weight excluding hydrogens is 358 g/mol. The topological polar surface area (TPSA) is 63.2 Å². The number of nitrogens with one attached hydrogen (secondary N) is 1. The Kier molecular flexibility index (Phi) is 8.17. The van der Waals surface area contributed by atoms with E-state index >= 15 is 0 Å². The van der Waals surface area contributed by atoms with E-state index in [9.17, 15) is 14.4 Å². The monoisotopic (exact) mass is 381 g/mol. The Balaban J connectivity index is 0.000000253. The number of benzene rings is 1. The molecule has 2 rings (SSSR count). The van der Waals surface area contributed by atoms with Crippen molar-refractivity contribution in [3.8, 4) is 0 Å². The summed E-state index contributed by atoms with van der Waals surface area (Å²) in [5.74, 6) is -0.101. The molecule has 1 aliphatic heterocycles. The van der Waals surface area contributed by atoms with Gasteiger partial charge in [0, 0.05) is 22.4 Å². The van der Waals surface area contributed by atoms with Gasteiger partial charge in [0.05, 0.1) is 0 Å². The predicted molar refractivity (Wildman–Crippen MR) is 94.3 cm³/mol. The van der Waals surface area contributed by atoms with Gasteiger partial charge in [0.25, 0.3) is 0 Å². The summed E-state index contributed by atoms with van der Waals surface area (Å²) in [5.41, 5.74) is 2.02. The van der Waals surface area contributed by atoms with E-state index in [0.29, 0.717) is 12.8 Å². The van der Waals surface area contributed by atoms with E-state index in [1.807, 2.05) is 25.1 Å². The minimum atomic E-state index is -0.141. The highest BCUT2D eigenvalue weighted by Crippen LogP contribution is 2.19. The lowest BCUT2D eigenvalue weighted by molar-refractivity contribution is -0.135. The first-order valence-electron chi connectivity index (χ1n) is 7.98. The normalized spacial score (nSPS) is 17.1. The van der Waals surface area contributed by atoms with E-state index in [2.05, 4.69) is 28.2 Å². The second kappa shape index (κ2) is 9.60. The molecule has 5 heteroatoms. The van der Waals surface area contributed by atoms with Crippen LogP contribution < -0.4 is 5.32 Å². The number of halogens is 1. The molecular formula is C18H24BrNO3. The van der Waals surface area contributed by atoms with Gasteiger partial charge in [-0.2, -0.15) is 0 Å². The lowest BCUT2D eigenvalue weighted by atomic mass is 10.00. The van der Waals surface area contributed by atoms with Crippen LogP contribution in [0.2, 0.25) is 0 Å². The van der Waals surface area contributed by atoms with Crippen molar-refractivity contribution in [2.75, 3.05) is 0 Å². The lowest BCUT2D eigenvalue weighted by Crippen LogP contribution is -2.39. The number of aryl methyl sites for hydroxylation is 1. The Morgan fingerprint density at radius 3 is 2.57 bits per heavy atom. The van der Waals surface area contributed by atoms with Crippen molar-refractivity contribution in [3.63, 3.8) is 0 Å². The smallest absolute Gasteiger partial charge is 0.229 e. The molecule has 1 heterocycles. The van der Waals surface area contributed by atoms with Crippen molar-refractivity contribution in [2.24, 2.45) is 5.92 Å². The largest absolute Gasteiger partial charge is 0.296 e. The van der Waals surface area contributed by atoms with Crippen molar-refractivity contribution in [1.82, 2.24) is 5.32 Å². The highest BCUT2D eigenvalue weighted by atomic mass is 79.9. The lowest BCUT2D eigenvalue weighted by Gasteiger charge is -2.15. The standard InChI is InChI=1S/C12H15BrO.C6H9NO2/c1-3-4-5-10-8-11(13)6-7-12(10)9(2)14;1-4-2-3-5(8)7-6(4)9/h6-8H,3-5H2,1-2H3;4H,2-3H2,1H3,(H,7,8,9). The molecule has 126 valence electrons. The quantitative estimate of drug-likeness (QED) is 0.631. The summed E-state index contributed by atoms with van der Waals surface area (Å²) in [6.07, 6.45) is 4.48. The molecule has 23 heavy (non-hydrogen) atoms. The fourth-order valence-electron chi connectivity index (χ4n) is 2.28. The van der Waals surface area contributed by atoms with Crippen LogP contribution in [-0.4, -0.2) is 17.6 Å². The number of carbonyl (C=O) groups excluding carboxylic acids is 3. The van der Waals surface area contributed by atoms with Crippen molar-refractivity contribution in [3.05, 3.63) is 33.8 Å². The van der Waals surface area contributed by atoms with Crippen LogP contribution in [0, 0.1) is 5.92 Å². The first kappa shape index (κ1) is 19.6. The van der Waals surface area contributed by atoms with Crippen LogP contribution in [0.1, 0.15) is 62.4 Å². The SMILES string of the molecule is CC1CCC(=O)NC1=O.CCCCc1cc(Br)ccc1C(C)=O. The summed E-state index contributed by atoms with van der Waals surface area (Å²) in [6.45, 7) is 5.60. The van der Waals surface area contributed by atoms with Gasteiger partial charge in [-0.05, 0) is 43.9 Å². The van der Waals surface area contributed by atoms with Gasteiger partial charge in [0.1, 0.15) is 0 Å². The van der Waals surface area contributed by atoms with Crippen LogP contribution in [0.4, 0.5) is 0 Å². The second-order valence-electron chi connectivity index (χ2n) is 5.81. The van der Waals surface area contributed by atoms with Crippen molar-refractivity contribution in [1.29, 1.82) is 0 Å². The van der Waals surface area contributed by atoms with Gasteiger partial charge in [-0.1, -0.05) is 42.3 Å². The number of carbonyl (C=O) groups is 3. The van der Waals surface area contributed by atoms with Gasteiger partial charge < -0.3 is 0 Å². The third kappa shape index (κ3) is 6.65. The zero-order valence-corrected chi connectivity index (χ0v) is 15.5. The van der Waals surface area contributed by atoms with E-state index < -0.39 is 0 Å². The molecule has 0 bridgehead atoms. The van der Waals surface area contributed by atoms with Gasteiger partial charge in [-0.25, -0.2) is 0 Å². The molecule has 1 N–H and O–H groups in total. The zero-order chi connectivity index (χ0) is 17.4. The number of rotatable bonds is 4. The molecule has 1 atom stereocenters. The second-order valence-corrected chi connectivity index (χ2v) is 6.73. The third-order valence-electron chi connectivity index (χ3n) is 3.76. The Bertz CT molecular complexity index is 584. The molecule has 0 aromatic heterocycles. The highest BCUT2D eigenvalue weighted by Gasteiger charge is 2.21. The number of amides is 2. The van der Waals surface area contributed by atoms with Gasteiger partial charge in [0.2, 0.25) is 11.8 Å². The number of ketones is 1. The molecule has 1 aromatic carbocycles. The van der Waals surface area contributed by atoms with E-state index in [0.717, 1.165) is 34.9 Å². The predicted octanol–water partition coefficient (Wildman–Crippen LogP) is 4.05. The summed E-state index contributed by atoms with van der Waals surface area (Å²) >= 11 is 3.43. The van der Waals surface area contributed by atoms with E-state index in [-0.39, 0.29) is 23.5 Å². The van der Waals surface area contributed by atoms with E-state index in [4.69, 9.17) is 0 Å². The van der Waals surface area contributed by atoms with Gasteiger partial charge in [-0.15, -0.1) is 0 Å². The first-order chi connectivity index (χ1) is 10.8. The maximum atomic E-state index is 11.3. The maximum absolute atomic E-state index is 11.3. The Hall–Kier alpha value is -1.49. The van der Waals surface area contributed by atoms with E-state index in [1.54, 1.807) is 6.92 Å². The van der Waals surface area contributed by atoms with Gasteiger partial charge in [-0.3, -0.25) is 19.7 Å².